The molecule has 0 N–H and O–H groups in total. The quantitative estimate of drug-likeness (QED) is 0.193. The van der Waals surface area contributed by atoms with Crippen LogP contribution in [0.3, 0.4) is 0 Å². The molecule has 2 heterocycles. The van der Waals surface area contributed by atoms with Gasteiger partial charge in [0, 0.05) is 10.8 Å². The van der Waals surface area contributed by atoms with Crippen LogP contribution in [0.5, 0.6) is 0 Å². The third-order valence-corrected chi connectivity index (χ3v) is 11.0. The molecule has 0 amide bonds. The molecule has 0 aliphatic carbocycles. The zero-order valence-corrected chi connectivity index (χ0v) is 26.9. The van der Waals surface area contributed by atoms with Gasteiger partial charge in [0.05, 0.1) is 11.5 Å². The molecule has 8 aromatic rings. The molecule has 7 aromatic carbocycles. The highest BCUT2D eigenvalue weighted by atomic mass is 32.2. The van der Waals surface area contributed by atoms with Crippen LogP contribution in [-0.4, -0.2) is 8.42 Å². The first-order valence-electron chi connectivity index (χ1n) is 16.1. The fraction of sp³-hybridized carbons (Fsp3) is 0.0455. The van der Waals surface area contributed by atoms with Crippen molar-refractivity contribution in [2.24, 2.45) is 0 Å². The predicted octanol–water partition coefficient (Wildman–Crippen LogP) is 11.3. The number of para-hydroxylation sites is 1. The fourth-order valence-electron chi connectivity index (χ4n) is 7.08. The maximum atomic E-state index is 13.3. The van der Waals surface area contributed by atoms with E-state index in [4.69, 9.17) is 4.42 Å². The minimum Gasteiger partial charge on any atom is -0.456 e. The second-order valence-corrected chi connectivity index (χ2v) is 14.7. The molecular weight excluding hydrogens is 609 g/mol. The van der Waals surface area contributed by atoms with Gasteiger partial charge in [0.2, 0.25) is 0 Å². The summed E-state index contributed by atoms with van der Waals surface area (Å²) in [6.45, 7) is 0. The molecule has 4 heteroatoms. The van der Waals surface area contributed by atoms with Crippen LogP contribution in [0.25, 0.3) is 77.6 Å². The summed E-state index contributed by atoms with van der Waals surface area (Å²) in [5.41, 5.74) is 14.0. The van der Waals surface area contributed by atoms with E-state index < -0.39 is 9.84 Å². The summed E-state index contributed by atoms with van der Waals surface area (Å²) in [5, 5.41) is 2.18. The summed E-state index contributed by atoms with van der Waals surface area (Å²) < 4.78 is 32.9. The number of rotatable bonds is 4. The average Bonchev–Trinajstić information content (AvgIpc) is 3.45. The molecule has 0 spiro atoms. The Balaban J connectivity index is 1.20. The highest BCUT2D eigenvalue weighted by Gasteiger charge is 2.25. The molecule has 0 saturated heterocycles. The van der Waals surface area contributed by atoms with Crippen molar-refractivity contribution in [3.63, 3.8) is 0 Å². The van der Waals surface area contributed by atoms with Gasteiger partial charge in [-0.05, 0) is 115 Å². The Hall–Kier alpha value is -5.71. The molecule has 0 saturated carbocycles. The Morgan fingerprint density at radius 3 is 1.44 bits per heavy atom. The molecule has 0 radical (unpaired) electrons. The lowest BCUT2D eigenvalue weighted by Crippen LogP contribution is -2.05. The largest absolute Gasteiger partial charge is 0.456 e. The number of hydrogen-bond donors (Lipinski definition) is 0. The van der Waals surface area contributed by atoms with Gasteiger partial charge in [-0.3, -0.25) is 0 Å². The molecule has 0 unspecified atom stereocenters. The summed E-state index contributed by atoms with van der Waals surface area (Å²) in [7, 11) is -3.35. The van der Waals surface area contributed by atoms with Crippen molar-refractivity contribution in [2.45, 2.75) is 11.5 Å². The van der Waals surface area contributed by atoms with Gasteiger partial charge >= 0.3 is 0 Å². The standard InChI is InChI=1S/C44H30O3S/c45-48(46)27-34-17-15-31(33-19-20-40-39-13-7-8-14-43(39)47-44(40)26-33)24-41(34)42-25-32(16-18-35(42)28-48)38-22-36(29-9-3-1-4-10-29)21-37(23-38)30-11-5-2-6-12-30/h1-26H,27-28H2. The minimum atomic E-state index is -3.35. The number of sulfone groups is 1. The predicted molar refractivity (Wildman–Crippen MR) is 197 cm³/mol. The zero-order chi connectivity index (χ0) is 32.2. The Morgan fingerprint density at radius 1 is 0.375 bits per heavy atom. The van der Waals surface area contributed by atoms with Gasteiger partial charge in [0.1, 0.15) is 11.2 Å². The number of fused-ring (bicyclic) bond motifs is 6. The van der Waals surface area contributed by atoms with E-state index in [1.807, 2.05) is 48.5 Å². The topological polar surface area (TPSA) is 47.3 Å². The Kier molecular flexibility index (Phi) is 6.66. The van der Waals surface area contributed by atoms with Crippen LogP contribution in [0.2, 0.25) is 0 Å². The lowest BCUT2D eigenvalue weighted by Gasteiger charge is -2.15. The molecular formula is C44H30O3S. The van der Waals surface area contributed by atoms with E-state index in [0.717, 1.165) is 88.7 Å². The maximum Gasteiger partial charge on any atom is 0.158 e. The van der Waals surface area contributed by atoms with E-state index in [0.29, 0.717) is 0 Å². The molecule has 1 aliphatic heterocycles. The zero-order valence-electron chi connectivity index (χ0n) is 26.1. The van der Waals surface area contributed by atoms with E-state index in [-0.39, 0.29) is 11.5 Å². The van der Waals surface area contributed by atoms with Gasteiger partial charge in [0.15, 0.2) is 9.84 Å². The summed E-state index contributed by atoms with van der Waals surface area (Å²) >= 11 is 0. The molecule has 230 valence electrons. The summed E-state index contributed by atoms with van der Waals surface area (Å²) in [4.78, 5) is 0. The van der Waals surface area contributed by atoms with Crippen LogP contribution >= 0.6 is 0 Å². The normalized spacial score (nSPS) is 13.6. The van der Waals surface area contributed by atoms with Crippen LogP contribution in [0.4, 0.5) is 0 Å². The summed E-state index contributed by atoms with van der Waals surface area (Å²) in [5.74, 6) is 0.0216. The Morgan fingerprint density at radius 2 is 0.833 bits per heavy atom. The molecule has 0 fully saturated rings. The maximum absolute atomic E-state index is 13.3. The van der Waals surface area contributed by atoms with Crippen LogP contribution < -0.4 is 0 Å². The summed E-state index contributed by atoms with van der Waals surface area (Å²) in [6, 6.07) is 54.4. The molecule has 3 nitrogen and oxygen atoms in total. The van der Waals surface area contributed by atoms with Crippen molar-refractivity contribution in [3.05, 3.63) is 169 Å². The highest BCUT2D eigenvalue weighted by Crippen LogP contribution is 2.41. The molecule has 0 atom stereocenters. The number of furan rings is 1. The fourth-order valence-corrected chi connectivity index (χ4v) is 8.64. The van der Waals surface area contributed by atoms with E-state index in [1.165, 1.54) is 0 Å². The van der Waals surface area contributed by atoms with Crippen LogP contribution in [-0.2, 0) is 21.3 Å². The first-order valence-corrected chi connectivity index (χ1v) is 17.9. The van der Waals surface area contributed by atoms with Crippen LogP contribution in [0, 0.1) is 0 Å². The lowest BCUT2D eigenvalue weighted by molar-refractivity contribution is 0.595. The first kappa shape index (κ1) is 28.5. The van der Waals surface area contributed by atoms with Gasteiger partial charge in [0.25, 0.3) is 0 Å². The van der Waals surface area contributed by atoms with Gasteiger partial charge in [-0.1, -0.05) is 109 Å². The second-order valence-electron chi connectivity index (χ2n) is 12.6. The molecule has 48 heavy (non-hydrogen) atoms. The van der Waals surface area contributed by atoms with E-state index in [9.17, 15) is 8.42 Å². The van der Waals surface area contributed by atoms with Crippen molar-refractivity contribution in [2.75, 3.05) is 0 Å². The van der Waals surface area contributed by atoms with Crippen LogP contribution in [0.1, 0.15) is 11.1 Å². The average molecular weight is 639 g/mol. The van der Waals surface area contributed by atoms with Crippen molar-refractivity contribution in [1.29, 1.82) is 0 Å². The third-order valence-electron chi connectivity index (χ3n) is 9.45. The Labute approximate surface area is 279 Å². The van der Waals surface area contributed by atoms with Crippen molar-refractivity contribution < 1.29 is 12.8 Å². The highest BCUT2D eigenvalue weighted by molar-refractivity contribution is 7.89. The molecule has 9 rings (SSSR count). The molecule has 1 aromatic heterocycles. The van der Waals surface area contributed by atoms with E-state index >= 15 is 0 Å². The SMILES string of the molecule is O=S1(=O)Cc2ccc(-c3cc(-c4ccccc4)cc(-c4ccccc4)c3)cc2-c2cc(-c3ccc4c(c3)oc3ccccc34)ccc2C1. The van der Waals surface area contributed by atoms with Crippen LogP contribution in [0.15, 0.2) is 162 Å². The number of hydrogen-bond acceptors (Lipinski definition) is 3. The van der Waals surface area contributed by atoms with Crippen molar-refractivity contribution in [1.82, 2.24) is 0 Å². The Bertz CT molecular complexity index is 2560. The minimum absolute atomic E-state index is 0.0108. The van der Waals surface area contributed by atoms with E-state index in [1.54, 1.807) is 0 Å². The van der Waals surface area contributed by atoms with Gasteiger partial charge in [-0.2, -0.15) is 0 Å². The van der Waals surface area contributed by atoms with Gasteiger partial charge in [-0.25, -0.2) is 8.42 Å². The lowest BCUT2D eigenvalue weighted by atomic mass is 9.89. The summed E-state index contributed by atoms with van der Waals surface area (Å²) in [6.07, 6.45) is 0. The monoisotopic (exact) mass is 638 g/mol. The third kappa shape index (κ3) is 5.11. The molecule has 1 aliphatic rings. The van der Waals surface area contributed by atoms with E-state index in [2.05, 4.69) is 109 Å². The smallest absolute Gasteiger partial charge is 0.158 e. The van der Waals surface area contributed by atoms with Gasteiger partial charge in [-0.15, -0.1) is 0 Å². The second kappa shape index (κ2) is 11.2. The van der Waals surface area contributed by atoms with Crippen molar-refractivity contribution >= 4 is 31.8 Å². The molecule has 0 bridgehead atoms. The number of benzene rings is 7. The van der Waals surface area contributed by atoms with Crippen molar-refractivity contribution in [3.8, 4) is 55.6 Å². The van der Waals surface area contributed by atoms with Gasteiger partial charge < -0.3 is 4.42 Å². The first-order chi connectivity index (χ1) is 23.5.